The average molecular weight is 185 g/mol. The van der Waals surface area contributed by atoms with Crippen molar-refractivity contribution in [2.24, 2.45) is 0 Å². The largest absolute Gasteiger partial charge is 0.317 e. The van der Waals surface area contributed by atoms with Crippen LogP contribution in [0.15, 0.2) is 43.0 Å². The third kappa shape index (κ3) is 1.06. The van der Waals surface area contributed by atoms with E-state index in [1.807, 2.05) is 18.7 Å². The van der Waals surface area contributed by atoms with Crippen LogP contribution in [0.3, 0.4) is 0 Å². The number of hydrogen-bond acceptors (Lipinski definition) is 2. The zero-order chi connectivity index (χ0) is 9.38. The smallest absolute Gasteiger partial charge is 0.111 e. The van der Waals surface area contributed by atoms with Crippen molar-refractivity contribution < 1.29 is 0 Å². The third-order valence-electron chi connectivity index (χ3n) is 2.66. The standard InChI is InChI=1S/C11H11N3/c1-2-4-10-9(3-1)7-13-11(10)14-6-5-12-8-14/h1-6,8,11,13H,7H2. The number of aromatic nitrogens is 2. The van der Waals surface area contributed by atoms with E-state index in [0.29, 0.717) is 0 Å². The van der Waals surface area contributed by atoms with Gasteiger partial charge < -0.3 is 4.57 Å². The number of rotatable bonds is 1. The SMILES string of the molecule is c1ccc2c(c1)CNC2n1ccnc1. The highest BCUT2D eigenvalue weighted by Gasteiger charge is 2.21. The Kier molecular flexibility index (Phi) is 1.64. The van der Waals surface area contributed by atoms with E-state index in [4.69, 9.17) is 0 Å². The fourth-order valence-corrected chi connectivity index (χ4v) is 1.97. The van der Waals surface area contributed by atoms with Crippen LogP contribution < -0.4 is 5.32 Å². The molecule has 3 rings (SSSR count). The zero-order valence-electron chi connectivity index (χ0n) is 7.72. The van der Waals surface area contributed by atoms with E-state index in [0.717, 1.165) is 6.54 Å². The fraction of sp³-hybridized carbons (Fsp3) is 0.182. The lowest BCUT2D eigenvalue weighted by Crippen LogP contribution is -2.19. The Morgan fingerprint density at radius 1 is 1.36 bits per heavy atom. The molecule has 2 aromatic rings. The summed E-state index contributed by atoms with van der Waals surface area (Å²) in [7, 11) is 0. The van der Waals surface area contributed by atoms with Crippen LogP contribution in [0, 0.1) is 0 Å². The van der Waals surface area contributed by atoms with Gasteiger partial charge in [0, 0.05) is 18.9 Å². The van der Waals surface area contributed by atoms with Crippen LogP contribution in [-0.4, -0.2) is 9.55 Å². The predicted octanol–water partition coefficient (Wildman–Crippen LogP) is 1.53. The molecule has 70 valence electrons. The Bertz CT molecular complexity index is 434. The Balaban J connectivity index is 2.06. The molecule has 0 aliphatic carbocycles. The molecule has 14 heavy (non-hydrogen) atoms. The lowest BCUT2D eigenvalue weighted by Gasteiger charge is -2.12. The summed E-state index contributed by atoms with van der Waals surface area (Å²) in [6.45, 7) is 0.943. The maximum Gasteiger partial charge on any atom is 0.111 e. The number of benzene rings is 1. The lowest BCUT2D eigenvalue weighted by molar-refractivity contribution is 0.506. The summed E-state index contributed by atoms with van der Waals surface area (Å²) >= 11 is 0. The monoisotopic (exact) mass is 185 g/mol. The quantitative estimate of drug-likeness (QED) is 0.730. The van der Waals surface area contributed by atoms with Crippen LogP contribution in [0.25, 0.3) is 0 Å². The molecule has 3 heteroatoms. The number of hydrogen-bond donors (Lipinski definition) is 1. The van der Waals surface area contributed by atoms with Crippen LogP contribution in [0.4, 0.5) is 0 Å². The molecule has 0 saturated carbocycles. The summed E-state index contributed by atoms with van der Waals surface area (Å²) in [5.41, 5.74) is 2.73. The first-order valence-corrected chi connectivity index (χ1v) is 4.74. The number of nitrogens with zero attached hydrogens (tertiary/aromatic N) is 2. The molecule has 0 saturated heterocycles. The Morgan fingerprint density at radius 3 is 3.14 bits per heavy atom. The molecule has 1 aliphatic heterocycles. The number of nitrogens with one attached hydrogen (secondary N) is 1. The molecular weight excluding hydrogens is 174 g/mol. The first kappa shape index (κ1) is 7.76. The van der Waals surface area contributed by atoms with Crippen LogP contribution >= 0.6 is 0 Å². The van der Waals surface area contributed by atoms with Gasteiger partial charge >= 0.3 is 0 Å². The van der Waals surface area contributed by atoms with E-state index < -0.39 is 0 Å². The molecule has 0 bridgehead atoms. The van der Waals surface area contributed by atoms with Crippen LogP contribution in [0.5, 0.6) is 0 Å². The summed E-state index contributed by atoms with van der Waals surface area (Å²) in [6.07, 6.45) is 5.90. The molecule has 1 aliphatic rings. The summed E-state index contributed by atoms with van der Waals surface area (Å²) in [4.78, 5) is 4.06. The van der Waals surface area contributed by atoms with Gasteiger partial charge in [0.2, 0.25) is 0 Å². The van der Waals surface area contributed by atoms with Gasteiger partial charge in [0.05, 0.1) is 6.33 Å². The van der Waals surface area contributed by atoms with E-state index in [-0.39, 0.29) is 6.17 Å². The predicted molar refractivity (Wildman–Crippen MR) is 53.6 cm³/mol. The summed E-state index contributed by atoms with van der Waals surface area (Å²) in [6, 6.07) is 8.49. The van der Waals surface area contributed by atoms with Crippen molar-refractivity contribution in [2.75, 3.05) is 0 Å². The second-order valence-electron chi connectivity index (χ2n) is 3.49. The second kappa shape index (κ2) is 2.96. The first-order valence-electron chi connectivity index (χ1n) is 4.74. The molecule has 0 spiro atoms. The van der Waals surface area contributed by atoms with Crippen LogP contribution in [0.2, 0.25) is 0 Å². The van der Waals surface area contributed by atoms with Gasteiger partial charge in [-0.1, -0.05) is 24.3 Å². The molecule has 1 aromatic heterocycles. The van der Waals surface area contributed by atoms with Crippen molar-refractivity contribution in [3.63, 3.8) is 0 Å². The fourth-order valence-electron chi connectivity index (χ4n) is 1.97. The van der Waals surface area contributed by atoms with Gasteiger partial charge in [0.1, 0.15) is 6.17 Å². The number of fused-ring (bicyclic) bond motifs is 1. The zero-order valence-corrected chi connectivity index (χ0v) is 7.72. The minimum Gasteiger partial charge on any atom is -0.317 e. The molecule has 3 nitrogen and oxygen atoms in total. The molecule has 2 heterocycles. The summed E-state index contributed by atoms with van der Waals surface area (Å²) in [5, 5.41) is 3.45. The normalized spacial score (nSPS) is 19.6. The minimum absolute atomic E-state index is 0.258. The Morgan fingerprint density at radius 2 is 2.29 bits per heavy atom. The highest BCUT2D eigenvalue weighted by Crippen LogP contribution is 2.25. The summed E-state index contributed by atoms with van der Waals surface area (Å²) in [5.74, 6) is 0. The van der Waals surface area contributed by atoms with E-state index in [2.05, 4.69) is 39.1 Å². The van der Waals surface area contributed by atoms with Crippen molar-refractivity contribution in [1.82, 2.24) is 14.9 Å². The molecule has 1 N–H and O–H groups in total. The van der Waals surface area contributed by atoms with Gasteiger partial charge in [-0.2, -0.15) is 0 Å². The third-order valence-corrected chi connectivity index (χ3v) is 2.66. The van der Waals surface area contributed by atoms with Crippen molar-refractivity contribution in [1.29, 1.82) is 0 Å². The minimum atomic E-state index is 0.258. The Labute approximate surface area is 82.4 Å². The van der Waals surface area contributed by atoms with Gasteiger partial charge in [-0.15, -0.1) is 0 Å². The van der Waals surface area contributed by atoms with Gasteiger partial charge in [-0.3, -0.25) is 5.32 Å². The molecule has 1 aromatic carbocycles. The molecule has 1 unspecified atom stereocenters. The lowest BCUT2D eigenvalue weighted by atomic mass is 10.1. The van der Waals surface area contributed by atoms with Gasteiger partial charge in [-0.05, 0) is 11.1 Å². The van der Waals surface area contributed by atoms with E-state index >= 15 is 0 Å². The molecule has 0 fully saturated rings. The molecule has 0 radical (unpaired) electrons. The Hall–Kier alpha value is -1.61. The van der Waals surface area contributed by atoms with Crippen molar-refractivity contribution in [2.45, 2.75) is 12.7 Å². The molecule has 0 amide bonds. The average Bonchev–Trinajstić information content (AvgIpc) is 2.85. The van der Waals surface area contributed by atoms with E-state index in [1.165, 1.54) is 11.1 Å². The highest BCUT2D eigenvalue weighted by molar-refractivity contribution is 5.33. The molecule has 1 atom stereocenters. The van der Waals surface area contributed by atoms with Crippen molar-refractivity contribution in [3.05, 3.63) is 54.1 Å². The first-order chi connectivity index (χ1) is 6.95. The van der Waals surface area contributed by atoms with Crippen molar-refractivity contribution >= 4 is 0 Å². The highest BCUT2D eigenvalue weighted by atomic mass is 15.2. The van der Waals surface area contributed by atoms with Gasteiger partial charge in [0.25, 0.3) is 0 Å². The number of imidazole rings is 1. The summed E-state index contributed by atoms with van der Waals surface area (Å²) < 4.78 is 2.09. The topological polar surface area (TPSA) is 29.9 Å². The maximum atomic E-state index is 4.06. The maximum absolute atomic E-state index is 4.06. The van der Waals surface area contributed by atoms with Crippen LogP contribution in [0.1, 0.15) is 17.3 Å². The van der Waals surface area contributed by atoms with E-state index in [9.17, 15) is 0 Å². The van der Waals surface area contributed by atoms with E-state index in [1.54, 1.807) is 0 Å². The second-order valence-corrected chi connectivity index (χ2v) is 3.49. The molecular formula is C11H11N3. The van der Waals surface area contributed by atoms with Gasteiger partial charge in [-0.25, -0.2) is 4.98 Å². The van der Waals surface area contributed by atoms with Crippen LogP contribution in [-0.2, 0) is 6.54 Å². The van der Waals surface area contributed by atoms with Crippen molar-refractivity contribution in [3.8, 4) is 0 Å². The van der Waals surface area contributed by atoms with Gasteiger partial charge in [0.15, 0.2) is 0 Å².